The van der Waals surface area contributed by atoms with Crippen molar-refractivity contribution in [3.05, 3.63) is 65.5 Å². The van der Waals surface area contributed by atoms with E-state index in [0.29, 0.717) is 103 Å². The minimum absolute atomic E-state index is 0.00508. The van der Waals surface area contributed by atoms with E-state index in [2.05, 4.69) is 30.4 Å². The Hall–Kier alpha value is -5.76. The highest BCUT2D eigenvalue weighted by atomic mass is 19.4. The number of piperazine rings is 1. The molecule has 2 saturated heterocycles. The summed E-state index contributed by atoms with van der Waals surface area (Å²) in [5, 5.41) is 50.5. The molecule has 366 valence electrons. The van der Waals surface area contributed by atoms with Crippen LogP contribution >= 0.6 is 0 Å². The molecule has 2 aliphatic heterocycles. The Labute approximate surface area is 392 Å². The summed E-state index contributed by atoms with van der Waals surface area (Å²) in [7, 11) is 3.45. The van der Waals surface area contributed by atoms with Crippen LogP contribution in [0.2, 0.25) is 0 Å². The highest BCUT2D eigenvalue weighted by Crippen LogP contribution is 2.49. The third kappa shape index (κ3) is 9.12. The molecule has 0 radical (unpaired) electrons. The molecule has 4 aliphatic rings. The van der Waals surface area contributed by atoms with Gasteiger partial charge in [0.1, 0.15) is 29.6 Å². The average molecular weight is 946 g/mol. The van der Waals surface area contributed by atoms with Gasteiger partial charge in [-0.15, -0.1) is 0 Å². The van der Waals surface area contributed by atoms with E-state index in [1.807, 2.05) is 24.1 Å². The molecule has 4 atom stereocenters. The first kappa shape index (κ1) is 47.3. The van der Waals surface area contributed by atoms with Gasteiger partial charge >= 0.3 is 6.18 Å². The topological polar surface area (TPSA) is 207 Å². The number of nitrogens with two attached hydrogens (primary N) is 1. The molecule has 16 nitrogen and oxygen atoms in total. The number of rotatable bonds is 13. The molecule has 1 amide bonds. The van der Waals surface area contributed by atoms with Crippen molar-refractivity contribution in [2.24, 2.45) is 5.41 Å². The predicted octanol–water partition coefficient (Wildman–Crippen LogP) is 6.79. The summed E-state index contributed by atoms with van der Waals surface area (Å²) in [5.41, 5.74) is 5.95. The minimum Gasteiger partial charge on any atom is -0.494 e. The third-order valence-corrected chi connectivity index (χ3v) is 14.7. The molecule has 2 aromatic heterocycles. The molecule has 9 rings (SSSR count). The zero-order valence-electron chi connectivity index (χ0n) is 38.9. The normalized spacial score (nSPS) is 22.2. The summed E-state index contributed by atoms with van der Waals surface area (Å²) < 4.78 is 54.6. The summed E-state index contributed by atoms with van der Waals surface area (Å²) in [6, 6.07) is 11.4. The maximum atomic E-state index is 14.9. The number of halogens is 3. The van der Waals surface area contributed by atoms with Crippen molar-refractivity contribution in [2.45, 2.75) is 108 Å². The fraction of sp³-hybridized carbons (Fsp3) is 0.531. The predicted molar refractivity (Wildman–Crippen MR) is 252 cm³/mol. The number of ether oxygens (including phenoxy) is 2. The zero-order chi connectivity index (χ0) is 48.3. The van der Waals surface area contributed by atoms with Crippen molar-refractivity contribution < 1.29 is 47.9 Å². The van der Waals surface area contributed by atoms with Crippen molar-refractivity contribution in [1.82, 2.24) is 29.7 Å². The van der Waals surface area contributed by atoms with E-state index in [1.165, 1.54) is 10.6 Å². The maximum Gasteiger partial charge on any atom is 0.416 e. The Morgan fingerprint density at radius 1 is 0.941 bits per heavy atom. The lowest BCUT2D eigenvalue weighted by Crippen LogP contribution is -2.64. The first-order valence-corrected chi connectivity index (χ1v) is 23.6. The number of aliphatic hydroxyl groups is 2. The Kier molecular flexibility index (Phi) is 12.7. The fourth-order valence-electron chi connectivity index (χ4n) is 10.8. The van der Waals surface area contributed by atoms with Crippen molar-refractivity contribution in [2.75, 3.05) is 69.4 Å². The van der Waals surface area contributed by atoms with Crippen LogP contribution in [0, 0.1) is 12.3 Å². The number of carbonyl (C=O) groups excluding carboxylic acids is 1. The van der Waals surface area contributed by atoms with E-state index in [4.69, 9.17) is 15.2 Å². The first-order chi connectivity index (χ1) is 32.4. The van der Waals surface area contributed by atoms with Crippen LogP contribution in [0.25, 0.3) is 21.7 Å². The summed E-state index contributed by atoms with van der Waals surface area (Å²) in [6.07, 6.45) is 0.464. The number of aromatic hydroxyl groups is 2. The zero-order valence-corrected chi connectivity index (χ0v) is 38.9. The molecular weight excluding hydrogens is 884 g/mol. The van der Waals surface area contributed by atoms with Gasteiger partial charge in [0.15, 0.2) is 11.5 Å². The van der Waals surface area contributed by atoms with Crippen LogP contribution in [-0.2, 0) is 11.0 Å². The van der Waals surface area contributed by atoms with Gasteiger partial charge in [-0.05, 0) is 100 Å². The monoisotopic (exact) mass is 945 g/mol. The average Bonchev–Trinajstić information content (AvgIpc) is 4.04. The molecular formula is C49H62F3N9O7. The van der Waals surface area contributed by atoms with Gasteiger partial charge in [-0.2, -0.15) is 13.2 Å². The third-order valence-electron chi connectivity index (χ3n) is 14.7. The number of nitrogens with zero attached hydrogens (tertiary/aromatic N) is 6. The van der Waals surface area contributed by atoms with Crippen molar-refractivity contribution >= 4 is 44.8 Å². The molecule has 8 N–H and O–H groups in total. The number of aromatic nitrogens is 3. The Bertz CT molecular complexity index is 2680. The number of methoxy groups -OCH3 is 1. The molecule has 4 fully saturated rings. The van der Waals surface area contributed by atoms with Gasteiger partial charge in [0.05, 0.1) is 36.9 Å². The number of nitrogen functional groups attached to an aromatic ring is 1. The number of hydrogen-bond donors (Lipinski definition) is 7. The highest BCUT2D eigenvalue weighted by molar-refractivity contribution is 5.95. The van der Waals surface area contributed by atoms with E-state index in [-0.39, 0.29) is 28.8 Å². The SMILES string of the molecule is COc1cc2nc(C)nc(N[C@H](C)c3cc(N)cc(C(F)(F)F)c3)c2cc1OCC1(CN(C)C(=O)C2(N3CCN(c4ccc5c(O)n(C6CCC(O)NC6O)c(O)c5c4)CC3)CCCCC2)CC1. The summed E-state index contributed by atoms with van der Waals surface area (Å²) in [4.78, 5) is 30.6. The molecule has 0 bridgehead atoms. The van der Waals surface area contributed by atoms with Crippen LogP contribution in [0.4, 0.5) is 30.4 Å². The molecule has 3 aromatic carbocycles. The van der Waals surface area contributed by atoms with E-state index >= 15 is 0 Å². The number of benzene rings is 3. The number of fused-ring (bicyclic) bond motifs is 2. The quantitative estimate of drug-likeness (QED) is 0.0608. The van der Waals surface area contributed by atoms with Crippen LogP contribution < -0.4 is 30.7 Å². The maximum absolute atomic E-state index is 14.9. The number of aliphatic hydroxyl groups excluding tert-OH is 2. The van der Waals surface area contributed by atoms with Crippen LogP contribution in [-0.4, -0.2) is 122 Å². The number of carbonyl (C=O) groups is 1. The standard InChI is InChI=1S/C49H62F3N9O7/c1-28(30-20-31(49(50,51)52)22-32(53)21-30)54-42-36-24-40(39(67-4)25-37(36)55-29(2)56-42)68-27-47(14-15-47)26-58(3)46(66)48(12-6-5-7-13-48)60-18-16-59(17-19-60)33-8-9-34-35(23-33)45(65)61(44(34)64)38-10-11-41(62)57-43(38)63/h8-9,20-25,28,38,41,43,57,62-65H,5-7,10-19,26-27,53H2,1-4H3,(H,54,55,56)/t28-,38?,41?,43?/m1/s1. The smallest absolute Gasteiger partial charge is 0.416 e. The molecule has 19 heteroatoms. The number of hydrogen-bond acceptors (Lipinski definition) is 14. The lowest BCUT2D eigenvalue weighted by Gasteiger charge is -2.50. The van der Waals surface area contributed by atoms with Gasteiger partial charge in [0.2, 0.25) is 17.7 Å². The van der Waals surface area contributed by atoms with E-state index in [0.717, 1.165) is 62.8 Å². The second-order valence-electron chi connectivity index (χ2n) is 19.4. The van der Waals surface area contributed by atoms with Gasteiger partial charge in [-0.3, -0.25) is 19.6 Å². The van der Waals surface area contributed by atoms with E-state index in [1.54, 1.807) is 39.2 Å². The molecule has 68 heavy (non-hydrogen) atoms. The lowest BCUT2D eigenvalue weighted by atomic mass is 9.78. The van der Waals surface area contributed by atoms with Crippen LogP contribution in [0.5, 0.6) is 23.3 Å². The first-order valence-electron chi connectivity index (χ1n) is 23.6. The number of nitrogens with one attached hydrogen (secondary N) is 2. The number of anilines is 3. The Morgan fingerprint density at radius 3 is 2.34 bits per heavy atom. The van der Waals surface area contributed by atoms with Crippen LogP contribution in [0.1, 0.15) is 93.7 Å². The highest BCUT2D eigenvalue weighted by Gasteiger charge is 2.51. The fourth-order valence-corrected chi connectivity index (χ4v) is 10.8. The Morgan fingerprint density at radius 2 is 1.66 bits per heavy atom. The second-order valence-corrected chi connectivity index (χ2v) is 19.4. The van der Waals surface area contributed by atoms with Gasteiger partial charge in [-0.25, -0.2) is 9.97 Å². The lowest BCUT2D eigenvalue weighted by molar-refractivity contribution is -0.147. The number of aryl methyl sites for hydroxylation is 1. The minimum atomic E-state index is -4.55. The molecule has 4 heterocycles. The van der Waals surface area contributed by atoms with E-state index in [9.17, 15) is 38.4 Å². The molecule has 5 aromatic rings. The second kappa shape index (κ2) is 18.3. The van der Waals surface area contributed by atoms with Gasteiger partial charge < -0.3 is 50.8 Å². The molecule has 2 aliphatic carbocycles. The summed E-state index contributed by atoms with van der Waals surface area (Å²) in [6.45, 7) is 6.98. The van der Waals surface area contributed by atoms with Crippen molar-refractivity contribution in [1.29, 1.82) is 0 Å². The van der Waals surface area contributed by atoms with Crippen molar-refractivity contribution in [3.63, 3.8) is 0 Å². The van der Waals surface area contributed by atoms with Gasteiger partial charge in [0, 0.05) is 78.8 Å². The number of piperidine rings is 1. The Balaban J connectivity index is 0.874. The van der Waals surface area contributed by atoms with Crippen LogP contribution in [0.3, 0.4) is 0 Å². The number of amides is 1. The number of alkyl halides is 3. The molecule has 3 unspecified atom stereocenters. The summed E-state index contributed by atoms with van der Waals surface area (Å²) in [5.74, 6) is 1.63. The van der Waals surface area contributed by atoms with Crippen molar-refractivity contribution in [3.8, 4) is 23.3 Å². The summed E-state index contributed by atoms with van der Waals surface area (Å²) >= 11 is 0. The largest absolute Gasteiger partial charge is 0.494 e. The van der Waals surface area contributed by atoms with Crippen LogP contribution in [0.15, 0.2) is 48.5 Å². The number of likely N-dealkylation sites (N-methyl/N-ethyl adjacent to an activating group) is 1. The van der Waals surface area contributed by atoms with E-state index < -0.39 is 41.8 Å². The van der Waals surface area contributed by atoms with Gasteiger partial charge in [0.25, 0.3) is 0 Å². The molecule has 2 saturated carbocycles. The molecule has 0 spiro atoms. The van der Waals surface area contributed by atoms with Gasteiger partial charge in [-0.1, -0.05) is 19.3 Å².